The van der Waals surface area contributed by atoms with Gasteiger partial charge >= 0.3 is 5.69 Å². The summed E-state index contributed by atoms with van der Waals surface area (Å²) in [6, 6.07) is 5.93. The van der Waals surface area contributed by atoms with Gasteiger partial charge in [0.05, 0.1) is 18.6 Å². The zero-order valence-electron chi connectivity index (χ0n) is 11.6. The maximum absolute atomic E-state index is 11.0. The van der Waals surface area contributed by atoms with Crippen LogP contribution in [0.5, 0.6) is 17.4 Å². The Labute approximate surface area is 120 Å². The van der Waals surface area contributed by atoms with Crippen molar-refractivity contribution < 1.29 is 19.5 Å². The maximum Gasteiger partial charge on any atom is 0.311 e. The first kappa shape index (κ1) is 14.7. The summed E-state index contributed by atoms with van der Waals surface area (Å²) in [7, 11) is 1.46. The Morgan fingerprint density at radius 3 is 2.71 bits per heavy atom. The summed E-state index contributed by atoms with van der Waals surface area (Å²) in [6.45, 7) is 1.61. The molecular weight excluding hydrogens is 276 g/mol. The van der Waals surface area contributed by atoms with Gasteiger partial charge in [-0.1, -0.05) is 0 Å². The molecule has 1 N–H and O–H groups in total. The number of hydrogen-bond donors (Lipinski definition) is 1. The molecule has 0 spiro atoms. The van der Waals surface area contributed by atoms with E-state index in [0.29, 0.717) is 16.9 Å². The highest BCUT2D eigenvalue weighted by atomic mass is 16.6. The standard InChI is InChI=1S/C14H14N2O5/c1-9-5-10(8-17)7-15-14(9)21-13-6-11(20-2)3-4-12(13)16(18)19/h3-7,17H,8H2,1-2H3. The van der Waals surface area contributed by atoms with Gasteiger partial charge in [0.2, 0.25) is 11.6 Å². The molecule has 0 radical (unpaired) electrons. The second-order valence-corrected chi connectivity index (χ2v) is 4.32. The zero-order valence-corrected chi connectivity index (χ0v) is 11.6. The van der Waals surface area contributed by atoms with Crippen molar-refractivity contribution in [1.82, 2.24) is 4.98 Å². The predicted molar refractivity (Wildman–Crippen MR) is 74.6 cm³/mol. The van der Waals surface area contributed by atoms with Gasteiger partial charge in [0.1, 0.15) is 5.75 Å². The lowest BCUT2D eigenvalue weighted by Crippen LogP contribution is -1.98. The molecule has 110 valence electrons. The van der Waals surface area contributed by atoms with Crippen LogP contribution in [0.3, 0.4) is 0 Å². The van der Waals surface area contributed by atoms with Gasteiger partial charge in [-0.3, -0.25) is 10.1 Å². The van der Waals surface area contributed by atoms with Crippen molar-refractivity contribution in [3.63, 3.8) is 0 Å². The Balaban J connectivity index is 2.40. The van der Waals surface area contributed by atoms with Gasteiger partial charge in [-0.05, 0) is 24.6 Å². The number of aromatic nitrogens is 1. The van der Waals surface area contributed by atoms with Gasteiger partial charge in [-0.2, -0.15) is 0 Å². The summed E-state index contributed by atoms with van der Waals surface area (Å²) >= 11 is 0. The van der Waals surface area contributed by atoms with Gasteiger partial charge in [-0.25, -0.2) is 4.98 Å². The van der Waals surface area contributed by atoms with E-state index in [1.807, 2.05) is 0 Å². The van der Waals surface area contributed by atoms with Crippen LogP contribution < -0.4 is 9.47 Å². The molecule has 0 aliphatic heterocycles. The summed E-state index contributed by atoms with van der Waals surface area (Å²) in [5.41, 5.74) is 1.13. The molecule has 0 saturated carbocycles. The molecule has 1 heterocycles. The van der Waals surface area contributed by atoms with Crippen LogP contribution in [0, 0.1) is 17.0 Å². The van der Waals surface area contributed by atoms with E-state index in [1.165, 1.54) is 31.5 Å². The van der Waals surface area contributed by atoms with E-state index in [0.717, 1.165) is 0 Å². The van der Waals surface area contributed by atoms with Crippen molar-refractivity contribution in [2.24, 2.45) is 0 Å². The number of hydrogen-bond acceptors (Lipinski definition) is 6. The average Bonchev–Trinajstić information content (AvgIpc) is 2.48. The Morgan fingerprint density at radius 1 is 1.38 bits per heavy atom. The van der Waals surface area contributed by atoms with Crippen LogP contribution in [-0.2, 0) is 6.61 Å². The number of aliphatic hydroxyl groups excluding tert-OH is 1. The Bertz CT molecular complexity index is 672. The van der Waals surface area contributed by atoms with Gasteiger partial charge in [0.15, 0.2) is 0 Å². The SMILES string of the molecule is COc1ccc([N+](=O)[O-])c(Oc2ncc(CO)cc2C)c1. The number of nitro benzene ring substituents is 1. The number of nitrogens with zero attached hydrogens (tertiary/aromatic N) is 2. The second-order valence-electron chi connectivity index (χ2n) is 4.32. The number of ether oxygens (including phenoxy) is 2. The van der Waals surface area contributed by atoms with Crippen LogP contribution >= 0.6 is 0 Å². The fourth-order valence-corrected chi connectivity index (χ4v) is 1.77. The topological polar surface area (TPSA) is 94.7 Å². The second kappa shape index (κ2) is 6.19. The zero-order chi connectivity index (χ0) is 15.4. The molecule has 0 bridgehead atoms. The third kappa shape index (κ3) is 3.26. The minimum absolute atomic E-state index is 0.0479. The fraction of sp³-hybridized carbons (Fsp3) is 0.214. The van der Waals surface area contributed by atoms with Crippen LogP contribution in [0.25, 0.3) is 0 Å². The van der Waals surface area contributed by atoms with E-state index >= 15 is 0 Å². The Morgan fingerprint density at radius 2 is 2.14 bits per heavy atom. The van der Waals surface area contributed by atoms with Crippen molar-refractivity contribution in [2.75, 3.05) is 7.11 Å². The summed E-state index contributed by atoms with van der Waals surface area (Å²) in [5, 5.41) is 20.1. The number of rotatable bonds is 5. The quantitative estimate of drug-likeness (QED) is 0.671. The van der Waals surface area contributed by atoms with E-state index in [2.05, 4.69) is 4.98 Å². The average molecular weight is 290 g/mol. The van der Waals surface area contributed by atoms with Crippen LogP contribution in [0.4, 0.5) is 5.69 Å². The largest absolute Gasteiger partial charge is 0.497 e. The lowest BCUT2D eigenvalue weighted by molar-refractivity contribution is -0.385. The van der Waals surface area contributed by atoms with Crippen molar-refractivity contribution >= 4 is 5.69 Å². The maximum atomic E-state index is 11.0. The fourth-order valence-electron chi connectivity index (χ4n) is 1.77. The first-order valence-corrected chi connectivity index (χ1v) is 6.12. The molecule has 0 unspecified atom stereocenters. The number of benzene rings is 1. The highest BCUT2D eigenvalue weighted by Crippen LogP contribution is 2.34. The molecule has 0 aliphatic rings. The smallest absolute Gasteiger partial charge is 0.311 e. The molecule has 0 aliphatic carbocycles. The minimum atomic E-state index is -0.536. The molecule has 7 heteroatoms. The molecule has 7 nitrogen and oxygen atoms in total. The van der Waals surface area contributed by atoms with Crippen molar-refractivity contribution in [3.05, 3.63) is 51.7 Å². The van der Waals surface area contributed by atoms with Crippen LogP contribution in [0.15, 0.2) is 30.5 Å². The molecule has 21 heavy (non-hydrogen) atoms. The molecule has 2 aromatic rings. The predicted octanol–water partition coefficient (Wildman–Crippen LogP) is 2.59. The van der Waals surface area contributed by atoms with Crippen LogP contribution in [0.1, 0.15) is 11.1 Å². The van der Waals surface area contributed by atoms with E-state index in [-0.39, 0.29) is 23.9 Å². The van der Waals surface area contributed by atoms with Crippen molar-refractivity contribution in [2.45, 2.75) is 13.5 Å². The lowest BCUT2D eigenvalue weighted by Gasteiger charge is -2.10. The number of methoxy groups -OCH3 is 1. The Kier molecular flexibility index (Phi) is 4.34. The first-order chi connectivity index (χ1) is 10.0. The highest BCUT2D eigenvalue weighted by Gasteiger charge is 2.18. The number of pyridine rings is 1. The molecule has 0 saturated heterocycles. The molecule has 0 fully saturated rings. The highest BCUT2D eigenvalue weighted by molar-refractivity contribution is 5.52. The van der Waals surface area contributed by atoms with Gasteiger partial charge < -0.3 is 14.6 Å². The summed E-state index contributed by atoms with van der Waals surface area (Å²) in [4.78, 5) is 14.5. The third-order valence-electron chi connectivity index (χ3n) is 2.84. The van der Waals surface area contributed by atoms with Crippen LogP contribution in [0.2, 0.25) is 0 Å². The lowest BCUT2D eigenvalue weighted by atomic mass is 10.2. The molecule has 1 aromatic carbocycles. The monoisotopic (exact) mass is 290 g/mol. The van der Waals surface area contributed by atoms with Gasteiger partial charge in [-0.15, -0.1) is 0 Å². The minimum Gasteiger partial charge on any atom is -0.497 e. The summed E-state index contributed by atoms with van der Waals surface area (Å²) in [5.74, 6) is 0.732. The Hall–Kier alpha value is -2.67. The third-order valence-corrected chi connectivity index (χ3v) is 2.84. The first-order valence-electron chi connectivity index (χ1n) is 6.12. The molecule has 0 amide bonds. The molecule has 1 aromatic heterocycles. The normalized spacial score (nSPS) is 10.2. The summed E-state index contributed by atoms with van der Waals surface area (Å²) in [6.07, 6.45) is 1.45. The number of aliphatic hydroxyl groups is 1. The molecule has 0 atom stereocenters. The summed E-state index contributed by atoms with van der Waals surface area (Å²) < 4.78 is 10.6. The van der Waals surface area contributed by atoms with Crippen LogP contribution in [-0.4, -0.2) is 22.1 Å². The molecule has 2 rings (SSSR count). The van der Waals surface area contributed by atoms with E-state index in [9.17, 15) is 10.1 Å². The van der Waals surface area contributed by atoms with Gasteiger partial charge in [0.25, 0.3) is 0 Å². The number of aryl methyl sites for hydroxylation is 1. The van der Waals surface area contributed by atoms with E-state index in [4.69, 9.17) is 14.6 Å². The van der Waals surface area contributed by atoms with Crippen molar-refractivity contribution in [3.8, 4) is 17.4 Å². The number of nitro groups is 1. The van der Waals surface area contributed by atoms with E-state index < -0.39 is 4.92 Å². The van der Waals surface area contributed by atoms with Gasteiger partial charge in [0, 0.05) is 23.9 Å². The van der Waals surface area contributed by atoms with E-state index in [1.54, 1.807) is 13.0 Å². The molecular formula is C14H14N2O5. The van der Waals surface area contributed by atoms with Crippen molar-refractivity contribution in [1.29, 1.82) is 0 Å².